The van der Waals surface area contributed by atoms with Crippen LogP contribution in [-0.2, 0) is 19.1 Å². The summed E-state index contributed by atoms with van der Waals surface area (Å²) in [6.07, 6.45) is 0.378. The average molecular weight is 250 g/mol. The van der Waals surface area contributed by atoms with Gasteiger partial charge in [0.25, 0.3) is 0 Å². The fourth-order valence-corrected chi connectivity index (χ4v) is 1.84. The zero-order valence-corrected chi connectivity index (χ0v) is 10.9. The predicted molar refractivity (Wildman–Crippen MR) is 67.0 cm³/mol. The van der Waals surface area contributed by atoms with E-state index in [0.717, 1.165) is 5.56 Å². The minimum absolute atomic E-state index is 0.0781. The van der Waals surface area contributed by atoms with Crippen LogP contribution >= 0.6 is 0 Å². The third kappa shape index (κ3) is 3.58. The molecule has 0 amide bonds. The number of esters is 2. The standard InChI is InChI=1S/C14H18O4/c1-10(11-7-5-4-6-8-11)9-12(13(15)17-2)14(16)18-3/h4-8,10,12H,9H2,1-3H3. The number of methoxy groups -OCH3 is 2. The molecule has 1 rings (SSSR count). The highest BCUT2D eigenvalue weighted by Gasteiger charge is 2.30. The van der Waals surface area contributed by atoms with Gasteiger partial charge in [0.15, 0.2) is 5.92 Å². The summed E-state index contributed by atoms with van der Waals surface area (Å²) in [6.45, 7) is 1.97. The van der Waals surface area contributed by atoms with E-state index >= 15 is 0 Å². The first kappa shape index (κ1) is 14.2. The van der Waals surface area contributed by atoms with Crippen molar-refractivity contribution in [3.63, 3.8) is 0 Å². The summed E-state index contributed by atoms with van der Waals surface area (Å²) in [4.78, 5) is 23.1. The number of rotatable bonds is 5. The highest BCUT2D eigenvalue weighted by Crippen LogP contribution is 2.24. The topological polar surface area (TPSA) is 52.6 Å². The van der Waals surface area contributed by atoms with Crippen molar-refractivity contribution in [1.82, 2.24) is 0 Å². The summed E-state index contributed by atoms with van der Waals surface area (Å²) in [6, 6.07) is 9.72. The Morgan fingerprint density at radius 3 is 2.00 bits per heavy atom. The maximum absolute atomic E-state index is 11.6. The molecule has 4 heteroatoms. The quantitative estimate of drug-likeness (QED) is 0.593. The smallest absolute Gasteiger partial charge is 0.320 e. The second-order valence-corrected chi connectivity index (χ2v) is 4.15. The Labute approximate surface area is 107 Å². The van der Waals surface area contributed by atoms with Gasteiger partial charge in [0.05, 0.1) is 14.2 Å². The van der Waals surface area contributed by atoms with Gasteiger partial charge in [-0.1, -0.05) is 37.3 Å². The first-order chi connectivity index (χ1) is 8.60. The molecule has 0 radical (unpaired) electrons. The monoisotopic (exact) mass is 250 g/mol. The van der Waals surface area contributed by atoms with Gasteiger partial charge in [0.1, 0.15) is 0 Å². The molecular weight excluding hydrogens is 232 g/mol. The SMILES string of the molecule is COC(=O)C(CC(C)c1ccccc1)C(=O)OC. The second-order valence-electron chi connectivity index (χ2n) is 4.15. The van der Waals surface area contributed by atoms with Gasteiger partial charge in [-0.25, -0.2) is 0 Å². The highest BCUT2D eigenvalue weighted by molar-refractivity contribution is 5.94. The van der Waals surface area contributed by atoms with Gasteiger partial charge in [0.2, 0.25) is 0 Å². The molecule has 0 aliphatic heterocycles. The van der Waals surface area contributed by atoms with Crippen LogP contribution in [0.15, 0.2) is 30.3 Å². The number of ether oxygens (including phenoxy) is 2. The lowest BCUT2D eigenvalue weighted by Crippen LogP contribution is -2.27. The predicted octanol–water partition coefficient (Wildman–Crippen LogP) is 2.14. The molecule has 1 aromatic rings. The zero-order valence-electron chi connectivity index (χ0n) is 10.9. The number of carbonyl (C=O) groups excluding carboxylic acids is 2. The summed E-state index contributed by atoms with van der Waals surface area (Å²) in [5, 5.41) is 0. The van der Waals surface area contributed by atoms with Crippen LogP contribution in [-0.4, -0.2) is 26.2 Å². The third-order valence-corrected chi connectivity index (χ3v) is 2.93. The van der Waals surface area contributed by atoms with Crippen LogP contribution in [0.2, 0.25) is 0 Å². The van der Waals surface area contributed by atoms with E-state index in [1.54, 1.807) is 0 Å². The van der Waals surface area contributed by atoms with Gasteiger partial charge >= 0.3 is 11.9 Å². The first-order valence-electron chi connectivity index (χ1n) is 5.80. The Bertz CT molecular complexity index is 384. The van der Waals surface area contributed by atoms with Crippen molar-refractivity contribution >= 4 is 11.9 Å². The summed E-state index contributed by atoms with van der Waals surface area (Å²) in [5.74, 6) is -1.89. The Kier molecular flexibility index (Phi) is 5.36. The van der Waals surface area contributed by atoms with Crippen LogP contribution in [0.4, 0.5) is 0 Å². The van der Waals surface area contributed by atoms with Crippen molar-refractivity contribution in [2.45, 2.75) is 19.3 Å². The molecule has 0 aromatic heterocycles. The fourth-order valence-electron chi connectivity index (χ4n) is 1.84. The lowest BCUT2D eigenvalue weighted by atomic mass is 9.90. The van der Waals surface area contributed by atoms with E-state index in [1.165, 1.54) is 14.2 Å². The molecule has 0 fully saturated rings. The molecule has 1 atom stereocenters. The van der Waals surface area contributed by atoms with Crippen LogP contribution in [0, 0.1) is 5.92 Å². The molecule has 1 aromatic carbocycles. The first-order valence-corrected chi connectivity index (χ1v) is 5.80. The molecule has 0 bridgehead atoms. The molecule has 0 saturated heterocycles. The van der Waals surface area contributed by atoms with Gasteiger partial charge in [-0.05, 0) is 17.9 Å². The van der Waals surface area contributed by atoms with E-state index < -0.39 is 17.9 Å². The van der Waals surface area contributed by atoms with Crippen LogP contribution in [0.1, 0.15) is 24.8 Å². The molecule has 98 valence electrons. The van der Waals surface area contributed by atoms with E-state index in [4.69, 9.17) is 0 Å². The number of hydrogen-bond acceptors (Lipinski definition) is 4. The summed E-state index contributed by atoms with van der Waals surface area (Å²) < 4.78 is 9.26. The summed E-state index contributed by atoms with van der Waals surface area (Å²) >= 11 is 0. The number of benzene rings is 1. The number of carbonyl (C=O) groups is 2. The van der Waals surface area contributed by atoms with Crippen molar-refractivity contribution in [1.29, 1.82) is 0 Å². The van der Waals surface area contributed by atoms with Crippen LogP contribution in [0.3, 0.4) is 0 Å². The molecule has 0 N–H and O–H groups in total. The van der Waals surface area contributed by atoms with E-state index in [-0.39, 0.29) is 5.92 Å². The van der Waals surface area contributed by atoms with Gasteiger partial charge in [-0.2, -0.15) is 0 Å². The molecule has 0 spiro atoms. The average Bonchev–Trinajstić information content (AvgIpc) is 2.43. The molecule has 0 aliphatic carbocycles. The van der Waals surface area contributed by atoms with Crippen molar-refractivity contribution < 1.29 is 19.1 Å². The Hall–Kier alpha value is -1.84. The molecule has 18 heavy (non-hydrogen) atoms. The Balaban J connectivity index is 2.78. The van der Waals surface area contributed by atoms with Crippen molar-refractivity contribution in [2.75, 3.05) is 14.2 Å². The molecule has 0 saturated carbocycles. The molecular formula is C14H18O4. The van der Waals surface area contributed by atoms with Crippen molar-refractivity contribution in [3.8, 4) is 0 Å². The summed E-state index contributed by atoms with van der Waals surface area (Å²) in [7, 11) is 2.54. The van der Waals surface area contributed by atoms with Gasteiger partial charge < -0.3 is 9.47 Å². The van der Waals surface area contributed by atoms with Gasteiger partial charge in [-0.3, -0.25) is 9.59 Å². The highest BCUT2D eigenvalue weighted by atomic mass is 16.5. The lowest BCUT2D eigenvalue weighted by molar-refractivity contribution is -0.159. The van der Waals surface area contributed by atoms with Crippen LogP contribution < -0.4 is 0 Å². The normalized spacial score (nSPS) is 12.0. The van der Waals surface area contributed by atoms with Gasteiger partial charge in [-0.15, -0.1) is 0 Å². The molecule has 0 aliphatic rings. The fraction of sp³-hybridized carbons (Fsp3) is 0.429. The van der Waals surface area contributed by atoms with Crippen LogP contribution in [0.5, 0.6) is 0 Å². The molecule has 1 unspecified atom stereocenters. The van der Waals surface area contributed by atoms with E-state index in [2.05, 4.69) is 9.47 Å². The minimum Gasteiger partial charge on any atom is -0.468 e. The van der Waals surface area contributed by atoms with E-state index in [1.807, 2.05) is 37.3 Å². The lowest BCUT2D eigenvalue weighted by Gasteiger charge is -2.17. The second kappa shape index (κ2) is 6.79. The molecule has 4 nitrogen and oxygen atoms in total. The third-order valence-electron chi connectivity index (χ3n) is 2.93. The largest absolute Gasteiger partial charge is 0.468 e. The molecule has 0 heterocycles. The van der Waals surface area contributed by atoms with Crippen molar-refractivity contribution in [2.24, 2.45) is 5.92 Å². The maximum Gasteiger partial charge on any atom is 0.320 e. The zero-order chi connectivity index (χ0) is 13.5. The minimum atomic E-state index is -0.866. The van der Waals surface area contributed by atoms with Gasteiger partial charge in [0, 0.05) is 0 Å². The van der Waals surface area contributed by atoms with E-state index in [9.17, 15) is 9.59 Å². The summed E-state index contributed by atoms with van der Waals surface area (Å²) in [5.41, 5.74) is 1.08. The Morgan fingerprint density at radius 1 is 1.06 bits per heavy atom. The van der Waals surface area contributed by atoms with Crippen molar-refractivity contribution in [3.05, 3.63) is 35.9 Å². The Morgan fingerprint density at radius 2 is 1.56 bits per heavy atom. The number of hydrogen-bond donors (Lipinski definition) is 0. The van der Waals surface area contributed by atoms with Crippen LogP contribution in [0.25, 0.3) is 0 Å². The van der Waals surface area contributed by atoms with E-state index in [0.29, 0.717) is 6.42 Å². The maximum atomic E-state index is 11.6.